The number of carbonyl (C=O) groups excluding carboxylic acids is 4. The first-order valence-electron chi connectivity index (χ1n) is 40.1. The molecule has 19 heteroatoms. The van der Waals surface area contributed by atoms with E-state index in [1.54, 1.807) is 0 Å². The topological polar surface area (TPSA) is 237 Å². The minimum atomic E-state index is -4.99. The molecule has 0 amide bonds. The highest BCUT2D eigenvalue weighted by molar-refractivity contribution is 7.47. The highest BCUT2D eigenvalue weighted by Crippen LogP contribution is 2.45. The molecule has 588 valence electrons. The van der Waals surface area contributed by atoms with Gasteiger partial charge in [-0.05, 0) is 148 Å². The molecule has 0 saturated carbocycles. The summed E-state index contributed by atoms with van der Waals surface area (Å²) in [6.07, 6.45) is 80.6. The van der Waals surface area contributed by atoms with E-state index < -0.39 is 97.5 Å². The quantitative estimate of drug-likeness (QED) is 0.0169. The van der Waals surface area contributed by atoms with E-state index in [2.05, 4.69) is 137 Å². The molecule has 102 heavy (non-hydrogen) atoms. The molecule has 0 aliphatic rings. The van der Waals surface area contributed by atoms with Gasteiger partial charge >= 0.3 is 39.5 Å². The number of esters is 4. The maximum atomic E-state index is 13.1. The van der Waals surface area contributed by atoms with Crippen molar-refractivity contribution in [1.82, 2.24) is 0 Å². The van der Waals surface area contributed by atoms with Crippen LogP contribution in [0.2, 0.25) is 0 Å². The SMILES string of the molecule is CC/C=C\C/C=C\C/C=C\CCCCCCCCCC(=O)OC(COC(=O)CCCCCCCC/C=C\C/C=C\C/C=C\CCCCC)COP(=O)(O)OCC(O)COP(=O)(O)OCC(COC(=O)CCCCCCC/C=C\C/C=C\CCC)OC(=O)CCCCCCC/C=C\CCCCCC. The van der Waals surface area contributed by atoms with Crippen molar-refractivity contribution in [3.63, 3.8) is 0 Å². The molecule has 0 heterocycles. The first kappa shape index (κ1) is 97.7. The van der Waals surface area contributed by atoms with Crippen molar-refractivity contribution < 1.29 is 80.2 Å². The molecule has 3 N–H and O–H groups in total. The fourth-order valence-corrected chi connectivity index (χ4v) is 12.1. The average Bonchev–Trinajstić information content (AvgIpc) is 0.908. The van der Waals surface area contributed by atoms with Crippen LogP contribution in [0.5, 0.6) is 0 Å². The molecule has 0 aromatic carbocycles. The number of rotatable bonds is 75. The Morgan fingerprint density at radius 3 is 0.853 bits per heavy atom. The third kappa shape index (κ3) is 74.0. The zero-order valence-corrected chi connectivity index (χ0v) is 66.0. The van der Waals surface area contributed by atoms with Crippen molar-refractivity contribution in [2.75, 3.05) is 39.6 Å². The summed E-state index contributed by atoms with van der Waals surface area (Å²) in [6.45, 7) is 4.64. The number of carbonyl (C=O) groups is 4. The highest BCUT2D eigenvalue weighted by Gasteiger charge is 2.30. The minimum absolute atomic E-state index is 0.0793. The van der Waals surface area contributed by atoms with Gasteiger partial charge in [-0.1, -0.05) is 272 Å². The molecule has 0 spiro atoms. The lowest BCUT2D eigenvalue weighted by Gasteiger charge is -2.21. The largest absolute Gasteiger partial charge is 0.472 e. The fraction of sp³-hybridized carbons (Fsp3) is 0.735. The molecule has 0 aliphatic heterocycles. The Hall–Kier alpha value is -4.28. The van der Waals surface area contributed by atoms with Crippen LogP contribution in [0.25, 0.3) is 0 Å². The Kier molecular flexibility index (Phi) is 71.8. The van der Waals surface area contributed by atoms with Gasteiger partial charge in [-0.25, -0.2) is 9.13 Å². The maximum absolute atomic E-state index is 13.1. The number of phosphoric ester groups is 2. The van der Waals surface area contributed by atoms with Gasteiger partial charge < -0.3 is 33.8 Å². The van der Waals surface area contributed by atoms with Crippen molar-refractivity contribution in [1.29, 1.82) is 0 Å². The van der Waals surface area contributed by atoms with E-state index >= 15 is 0 Å². The lowest BCUT2D eigenvalue weighted by molar-refractivity contribution is -0.161. The van der Waals surface area contributed by atoms with Crippen LogP contribution < -0.4 is 0 Å². The third-order valence-corrected chi connectivity index (χ3v) is 18.6. The predicted octanol–water partition coefficient (Wildman–Crippen LogP) is 23.3. The molecule has 0 fully saturated rings. The van der Waals surface area contributed by atoms with Gasteiger partial charge in [-0.2, -0.15) is 0 Å². The Labute approximate surface area is 619 Å². The Balaban J connectivity index is 5.37. The summed E-state index contributed by atoms with van der Waals surface area (Å²) in [4.78, 5) is 73.0. The number of aliphatic hydroxyl groups excluding tert-OH is 1. The molecule has 5 atom stereocenters. The van der Waals surface area contributed by atoms with E-state index in [1.807, 2.05) is 0 Å². The molecule has 5 unspecified atom stereocenters. The van der Waals surface area contributed by atoms with Gasteiger partial charge in [0.2, 0.25) is 0 Å². The van der Waals surface area contributed by atoms with Gasteiger partial charge in [0.25, 0.3) is 0 Å². The summed E-state index contributed by atoms with van der Waals surface area (Å²) in [5, 5.41) is 10.6. The molecule has 17 nitrogen and oxygen atoms in total. The Bertz CT molecular complexity index is 2360. The van der Waals surface area contributed by atoms with Crippen LogP contribution >= 0.6 is 15.6 Å². The second-order valence-electron chi connectivity index (χ2n) is 26.6. The summed E-state index contributed by atoms with van der Waals surface area (Å²) in [5.41, 5.74) is 0. The number of hydrogen-bond acceptors (Lipinski definition) is 15. The number of phosphoric acid groups is 2. The first-order valence-corrected chi connectivity index (χ1v) is 43.1. The summed E-state index contributed by atoms with van der Waals surface area (Å²) in [5.74, 6) is -2.21. The lowest BCUT2D eigenvalue weighted by atomic mass is 10.1. The number of allylic oxidation sites excluding steroid dienone is 18. The van der Waals surface area contributed by atoms with Crippen LogP contribution in [0.1, 0.15) is 336 Å². The van der Waals surface area contributed by atoms with Gasteiger partial charge in [0.05, 0.1) is 26.4 Å². The predicted molar refractivity (Wildman–Crippen MR) is 418 cm³/mol. The minimum Gasteiger partial charge on any atom is -0.462 e. The first-order chi connectivity index (χ1) is 49.7. The molecule has 0 radical (unpaired) electrons. The summed E-state index contributed by atoms with van der Waals surface area (Å²) < 4.78 is 68.6. The summed E-state index contributed by atoms with van der Waals surface area (Å²) in [6, 6.07) is 0. The number of aliphatic hydroxyl groups is 1. The summed E-state index contributed by atoms with van der Waals surface area (Å²) in [7, 11) is -9.96. The molecule has 0 aromatic rings. The van der Waals surface area contributed by atoms with Crippen molar-refractivity contribution in [2.45, 2.75) is 354 Å². The number of unbranched alkanes of at least 4 members (excludes halogenated alkanes) is 31. The van der Waals surface area contributed by atoms with Crippen LogP contribution in [-0.4, -0.2) is 96.7 Å². The van der Waals surface area contributed by atoms with Gasteiger partial charge in [-0.3, -0.25) is 37.3 Å². The van der Waals surface area contributed by atoms with E-state index in [0.29, 0.717) is 25.7 Å². The smallest absolute Gasteiger partial charge is 0.462 e. The fourth-order valence-electron chi connectivity index (χ4n) is 10.6. The zero-order valence-electron chi connectivity index (χ0n) is 64.3. The Morgan fingerprint density at radius 2 is 0.529 bits per heavy atom. The molecule has 0 aromatic heterocycles. The zero-order chi connectivity index (χ0) is 74.6. The van der Waals surface area contributed by atoms with E-state index in [-0.39, 0.29) is 25.7 Å². The van der Waals surface area contributed by atoms with E-state index in [0.717, 1.165) is 212 Å². The summed E-state index contributed by atoms with van der Waals surface area (Å²) >= 11 is 0. The van der Waals surface area contributed by atoms with Gasteiger partial charge in [-0.15, -0.1) is 0 Å². The van der Waals surface area contributed by atoms with Crippen molar-refractivity contribution in [3.8, 4) is 0 Å². The molecule has 0 saturated heterocycles. The monoisotopic (exact) mass is 1470 g/mol. The van der Waals surface area contributed by atoms with E-state index in [4.69, 9.17) is 37.0 Å². The van der Waals surface area contributed by atoms with Crippen molar-refractivity contribution >= 4 is 39.5 Å². The standard InChI is InChI=1S/C83H144O17P2/c1-5-9-13-17-21-25-29-33-35-37-38-40-41-45-48-52-56-60-64-68-81(86)94-74-79(100-83(88)70-66-62-58-54-50-46-42-39-36-34-30-26-22-18-14-10-6-2)76-98-102(91,92)96-72-77(84)71-95-101(89,90)97-75-78(99-82(87)69-65-61-57-53-49-44-32-28-24-20-16-12-8-4)73-93-80(85)67-63-59-55-51-47-43-31-27-23-19-15-11-7-3/h10,14-15,19,21-22,25-28,31-36,38,40,77-79,84H,5-9,11-13,16-18,20,23-24,29-30,37,39,41-76H2,1-4H3,(H,89,90)(H,91,92)/b14-10-,19-15-,25-21-,26-22-,31-27-,32-28-,35-33-,36-34-,40-38-. The van der Waals surface area contributed by atoms with Crippen LogP contribution in [0.15, 0.2) is 109 Å². The van der Waals surface area contributed by atoms with Crippen molar-refractivity contribution in [2.24, 2.45) is 0 Å². The number of ether oxygens (including phenoxy) is 4. The maximum Gasteiger partial charge on any atom is 0.472 e. The van der Waals surface area contributed by atoms with Crippen molar-refractivity contribution in [3.05, 3.63) is 109 Å². The van der Waals surface area contributed by atoms with Gasteiger partial charge in [0.15, 0.2) is 12.2 Å². The van der Waals surface area contributed by atoms with E-state index in [1.165, 1.54) is 44.9 Å². The van der Waals surface area contributed by atoms with Crippen LogP contribution in [0, 0.1) is 0 Å². The average molecular weight is 1480 g/mol. The Morgan fingerprint density at radius 1 is 0.284 bits per heavy atom. The van der Waals surface area contributed by atoms with Gasteiger partial charge in [0.1, 0.15) is 19.3 Å². The molecular weight excluding hydrogens is 1330 g/mol. The van der Waals surface area contributed by atoms with Crippen LogP contribution in [-0.2, 0) is 65.4 Å². The van der Waals surface area contributed by atoms with Crippen LogP contribution in [0.3, 0.4) is 0 Å². The molecule has 0 rings (SSSR count). The molecule has 0 aliphatic carbocycles. The van der Waals surface area contributed by atoms with Crippen LogP contribution in [0.4, 0.5) is 0 Å². The molecular formula is C83H144O17P2. The normalized spacial score (nSPS) is 14.5. The highest BCUT2D eigenvalue weighted by atomic mass is 31.2. The lowest BCUT2D eigenvalue weighted by Crippen LogP contribution is -2.30. The van der Waals surface area contributed by atoms with Gasteiger partial charge in [0, 0.05) is 25.7 Å². The second kappa shape index (κ2) is 75.0. The second-order valence-corrected chi connectivity index (χ2v) is 29.5. The third-order valence-electron chi connectivity index (χ3n) is 16.7. The number of hydrogen-bond donors (Lipinski definition) is 3. The molecule has 0 bridgehead atoms. The van der Waals surface area contributed by atoms with E-state index in [9.17, 15) is 43.2 Å².